The van der Waals surface area contributed by atoms with Gasteiger partial charge in [-0.15, -0.1) is 0 Å². The highest BCUT2D eigenvalue weighted by atomic mass is 16.4. The van der Waals surface area contributed by atoms with Crippen LogP contribution in [0.2, 0.25) is 0 Å². The predicted octanol–water partition coefficient (Wildman–Crippen LogP) is 0.704. The first-order valence-corrected chi connectivity index (χ1v) is 5.35. The molecule has 2 aromatic rings. The van der Waals surface area contributed by atoms with Gasteiger partial charge in [0.05, 0.1) is 18.8 Å². The third-order valence-electron chi connectivity index (χ3n) is 2.54. The van der Waals surface area contributed by atoms with Crippen molar-refractivity contribution in [2.45, 2.75) is 13.2 Å². The summed E-state index contributed by atoms with van der Waals surface area (Å²) in [7, 11) is 0. The fourth-order valence-electron chi connectivity index (χ4n) is 1.62. The van der Waals surface area contributed by atoms with E-state index >= 15 is 0 Å². The zero-order valence-corrected chi connectivity index (χ0v) is 9.58. The Balaban J connectivity index is 2.18. The average Bonchev–Trinajstić information content (AvgIpc) is 2.71. The van der Waals surface area contributed by atoms with Crippen LogP contribution in [0.3, 0.4) is 0 Å². The van der Waals surface area contributed by atoms with Gasteiger partial charge in [-0.2, -0.15) is 5.10 Å². The number of aromatic carboxylic acids is 1. The molecule has 0 amide bonds. The third-order valence-corrected chi connectivity index (χ3v) is 2.54. The number of anilines is 1. The Morgan fingerprint density at radius 1 is 1.28 bits per heavy atom. The van der Waals surface area contributed by atoms with E-state index in [1.54, 1.807) is 12.1 Å². The summed E-state index contributed by atoms with van der Waals surface area (Å²) in [6.45, 7) is 0.432. The van der Waals surface area contributed by atoms with Gasteiger partial charge in [-0.05, 0) is 11.1 Å². The van der Waals surface area contributed by atoms with Crippen molar-refractivity contribution < 1.29 is 15.0 Å². The van der Waals surface area contributed by atoms with Crippen LogP contribution in [-0.2, 0) is 13.2 Å². The molecule has 0 fully saturated rings. The molecule has 0 aliphatic carbocycles. The zero-order valence-electron chi connectivity index (χ0n) is 9.58. The van der Waals surface area contributed by atoms with Gasteiger partial charge in [0, 0.05) is 6.20 Å². The van der Waals surface area contributed by atoms with E-state index in [-0.39, 0.29) is 18.0 Å². The molecule has 6 heteroatoms. The lowest BCUT2D eigenvalue weighted by molar-refractivity contribution is 0.0690. The minimum Gasteiger partial charge on any atom is -0.476 e. The van der Waals surface area contributed by atoms with Crippen LogP contribution in [0.5, 0.6) is 0 Å². The van der Waals surface area contributed by atoms with Gasteiger partial charge in [-0.3, -0.25) is 4.68 Å². The number of carboxylic acids is 1. The second kappa shape index (κ2) is 4.89. The molecule has 0 saturated carbocycles. The molecule has 18 heavy (non-hydrogen) atoms. The van der Waals surface area contributed by atoms with Gasteiger partial charge in [0.15, 0.2) is 5.69 Å². The van der Waals surface area contributed by atoms with Gasteiger partial charge in [-0.1, -0.05) is 24.3 Å². The Bertz CT molecular complexity index is 560. The summed E-state index contributed by atoms with van der Waals surface area (Å²) in [5.41, 5.74) is 7.33. The van der Waals surface area contributed by atoms with Crippen LogP contribution in [0.4, 0.5) is 5.69 Å². The van der Waals surface area contributed by atoms with Crippen molar-refractivity contribution in [2.75, 3.05) is 5.73 Å². The van der Waals surface area contributed by atoms with Crippen LogP contribution in [0, 0.1) is 0 Å². The Hall–Kier alpha value is -2.34. The van der Waals surface area contributed by atoms with Crippen LogP contribution < -0.4 is 5.73 Å². The lowest BCUT2D eigenvalue weighted by Gasteiger charge is -2.02. The average molecular weight is 247 g/mol. The summed E-state index contributed by atoms with van der Waals surface area (Å²) in [5.74, 6) is -1.14. The molecular weight excluding hydrogens is 234 g/mol. The number of hydrogen-bond acceptors (Lipinski definition) is 4. The molecular formula is C12H13N3O3. The number of nitrogens with zero attached hydrogens (tertiary/aromatic N) is 2. The van der Waals surface area contributed by atoms with Crippen molar-refractivity contribution in [2.24, 2.45) is 0 Å². The van der Waals surface area contributed by atoms with E-state index in [9.17, 15) is 4.79 Å². The lowest BCUT2D eigenvalue weighted by Crippen LogP contribution is -2.04. The fourth-order valence-corrected chi connectivity index (χ4v) is 1.62. The Kier molecular flexibility index (Phi) is 3.29. The van der Waals surface area contributed by atoms with E-state index in [1.807, 2.05) is 12.1 Å². The molecule has 0 atom stereocenters. The van der Waals surface area contributed by atoms with Crippen LogP contribution in [0.15, 0.2) is 30.5 Å². The maximum absolute atomic E-state index is 10.8. The van der Waals surface area contributed by atoms with Crippen molar-refractivity contribution >= 4 is 11.7 Å². The van der Waals surface area contributed by atoms with E-state index < -0.39 is 5.97 Å². The highest BCUT2D eigenvalue weighted by Crippen LogP contribution is 2.11. The number of benzene rings is 1. The number of aliphatic hydroxyl groups excluding tert-OH is 1. The van der Waals surface area contributed by atoms with E-state index in [0.717, 1.165) is 11.1 Å². The molecule has 4 N–H and O–H groups in total. The largest absolute Gasteiger partial charge is 0.476 e. The Morgan fingerprint density at radius 3 is 2.39 bits per heavy atom. The van der Waals surface area contributed by atoms with E-state index in [1.165, 1.54) is 10.9 Å². The van der Waals surface area contributed by atoms with Crippen LogP contribution in [0.1, 0.15) is 21.6 Å². The number of carboxylic acid groups (broad SMARTS) is 1. The highest BCUT2D eigenvalue weighted by molar-refractivity contribution is 5.91. The lowest BCUT2D eigenvalue weighted by atomic mass is 10.1. The van der Waals surface area contributed by atoms with Crippen molar-refractivity contribution in [1.82, 2.24) is 9.78 Å². The standard InChI is InChI=1S/C12H13N3O3/c13-10-6-15(14-11(10)12(17)18)5-8-1-3-9(7-16)4-2-8/h1-4,6,16H,5,7,13H2,(H,17,18). The fraction of sp³-hybridized carbons (Fsp3) is 0.167. The van der Waals surface area contributed by atoms with E-state index in [4.69, 9.17) is 15.9 Å². The summed E-state index contributed by atoms with van der Waals surface area (Å²) < 4.78 is 1.48. The number of nitrogen functional groups attached to an aromatic ring is 1. The first kappa shape index (κ1) is 12.1. The summed E-state index contributed by atoms with van der Waals surface area (Å²) in [6, 6.07) is 7.31. The normalized spacial score (nSPS) is 10.5. The van der Waals surface area contributed by atoms with Gasteiger partial charge in [0.25, 0.3) is 0 Å². The summed E-state index contributed by atoms with van der Waals surface area (Å²) in [4.78, 5) is 10.8. The number of aromatic nitrogens is 2. The number of rotatable bonds is 4. The topological polar surface area (TPSA) is 101 Å². The Labute approximate surface area is 103 Å². The molecule has 6 nitrogen and oxygen atoms in total. The quantitative estimate of drug-likeness (QED) is 0.738. The van der Waals surface area contributed by atoms with Gasteiger partial charge in [0.1, 0.15) is 0 Å². The second-order valence-electron chi connectivity index (χ2n) is 3.91. The van der Waals surface area contributed by atoms with Gasteiger partial charge < -0.3 is 15.9 Å². The summed E-state index contributed by atoms with van der Waals surface area (Å²) >= 11 is 0. The predicted molar refractivity (Wildman–Crippen MR) is 65.1 cm³/mol. The van der Waals surface area contributed by atoms with Crippen LogP contribution in [-0.4, -0.2) is 26.0 Å². The maximum atomic E-state index is 10.8. The van der Waals surface area contributed by atoms with Crippen LogP contribution in [0.25, 0.3) is 0 Å². The number of hydrogen-bond donors (Lipinski definition) is 3. The summed E-state index contributed by atoms with van der Waals surface area (Å²) in [5, 5.41) is 21.6. The first-order chi connectivity index (χ1) is 8.60. The van der Waals surface area contributed by atoms with E-state index in [2.05, 4.69) is 5.10 Å². The number of carbonyl (C=O) groups is 1. The first-order valence-electron chi connectivity index (χ1n) is 5.35. The molecule has 0 saturated heterocycles. The SMILES string of the molecule is Nc1cn(Cc2ccc(CO)cc2)nc1C(=O)O. The van der Waals surface area contributed by atoms with E-state index in [0.29, 0.717) is 6.54 Å². The number of aliphatic hydroxyl groups is 1. The van der Waals surface area contributed by atoms with Crippen molar-refractivity contribution in [3.05, 3.63) is 47.3 Å². The molecule has 0 aliphatic rings. The zero-order chi connectivity index (χ0) is 13.1. The smallest absolute Gasteiger partial charge is 0.358 e. The van der Waals surface area contributed by atoms with Crippen molar-refractivity contribution in [3.63, 3.8) is 0 Å². The molecule has 0 bridgehead atoms. The molecule has 1 aromatic heterocycles. The van der Waals surface area contributed by atoms with Gasteiger partial charge in [-0.25, -0.2) is 4.79 Å². The van der Waals surface area contributed by atoms with Crippen molar-refractivity contribution in [1.29, 1.82) is 0 Å². The van der Waals surface area contributed by atoms with Gasteiger partial charge in [0.2, 0.25) is 0 Å². The molecule has 0 radical (unpaired) electrons. The second-order valence-corrected chi connectivity index (χ2v) is 3.91. The molecule has 2 rings (SSSR count). The molecule has 1 heterocycles. The maximum Gasteiger partial charge on any atom is 0.358 e. The minimum absolute atomic E-state index is 0.00183. The minimum atomic E-state index is -1.14. The Morgan fingerprint density at radius 2 is 1.89 bits per heavy atom. The third kappa shape index (κ3) is 2.49. The summed E-state index contributed by atoms with van der Waals surface area (Å²) in [6.07, 6.45) is 1.49. The monoisotopic (exact) mass is 247 g/mol. The highest BCUT2D eigenvalue weighted by Gasteiger charge is 2.13. The van der Waals surface area contributed by atoms with Crippen molar-refractivity contribution in [3.8, 4) is 0 Å². The van der Waals surface area contributed by atoms with Crippen LogP contribution >= 0.6 is 0 Å². The van der Waals surface area contributed by atoms with Gasteiger partial charge >= 0.3 is 5.97 Å². The molecule has 94 valence electrons. The molecule has 0 unspecified atom stereocenters. The molecule has 0 aliphatic heterocycles. The molecule has 1 aromatic carbocycles. The number of nitrogens with two attached hydrogens (primary N) is 1. The molecule has 0 spiro atoms.